The van der Waals surface area contributed by atoms with E-state index in [0.717, 1.165) is 39.3 Å². The molecule has 0 spiro atoms. The molecule has 0 amide bonds. The number of hydrogen-bond donors (Lipinski definition) is 4. The van der Waals surface area contributed by atoms with Crippen LogP contribution in [0.5, 0.6) is 0 Å². The molecule has 1 aliphatic rings. The summed E-state index contributed by atoms with van der Waals surface area (Å²) in [6.45, 7) is 6.59. The largest absolute Gasteiger partial charge is 0.469 e. The van der Waals surface area contributed by atoms with Crippen LogP contribution in [0, 0.1) is 0 Å². The Morgan fingerprint density at radius 3 is 1.29 bits per heavy atom. The summed E-state index contributed by atoms with van der Waals surface area (Å²) in [4.78, 5) is 9.59. The van der Waals surface area contributed by atoms with Crippen molar-refractivity contribution in [2.75, 3.05) is 53.0 Å². The first-order valence-electron chi connectivity index (χ1n) is 7.67. The van der Waals surface area contributed by atoms with Crippen molar-refractivity contribution in [3.63, 3.8) is 0 Å². The van der Waals surface area contributed by atoms with Gasteiger partial charge >= 0.3 is 12.1 Å². The number of rotatable bonds is 0. The monoisotopic (exact) mass is 409 g/mol. The Hall–Kier alpha value is -0.277. The number of carbonyl (C=O) groups is 1. The van der Waals surface area contributed by atoms with Crippen molar-refractivity contribution < 1.29 is 47.3 Å². The van der Waals surface area contributed by atoms with Crippen molar-refractivity contribution in [2.24, 2.45) is 0 Å². The summed E-state index contributed by atoms with van der Waals surface area (Å²) in [7, 11) is 1.35. The molecule has 142 valence electrons. The first-order valence-corrected chi connectivity index (χ1v) is 7.67. The van der Waals surface area contributed by atoms with Gasteiger partial charge < -0.3 is 25.8 Å². The summed E-state index contributed by atoms with van der Waals surface area (Å²) >= 11 is 0. The number of nitrogens with one attached hydrogen (secondary N) is 3. The zero-order chi connectivity index (χ0) is 18.0. The van der Waals surface area contributed by atoms with E-state index in [9.17, 15) is 18.0 Å². The molecule has 0 unspecified atom stereocenters. The molecule has 0 saturated carbocycles. The van der Waals surface area contributed by atoms with Crippen LogP contribution in [0.15, 0.2) is 0 Å². The molecule has 4 N–H and O–H groups in total. The summed E-state index contributed by atoms with van der Waals surface area (Å²) in [6, 6.07) is 0. The number of methoxy groups -OCH3 is 1. The summed E-state index contributed by atoms with van der Waals surface area (Å²) in [5.74, 6) is -0.245. The third kappa shape index (κ3) is 33.4. The van der Waals surface area contributed by atoms with Gasteiger partial charge in [-0.3, -0.25) is 4.79 Å². The van der Waals surface area contributed by atoms with E-state index in [-0.39, 0.29) is 25.4 Å². The Labute approximate surface area is 155 Å². The standard InChI is InChI=1S/C9H21N3.C3H6O2.C2H3F3O.Zn/c1-4-10-6-2-8-12-9-3-7-11-5-1;1-3(4)5-2;3-2(4,5)1-6;/h10-12H,1-9H2;1-2H3;6H,1H2;. The number of aliphatic hydroxyl groups is 1. The van der Waals surface area contributed by atoms with Gasteiger partial charge in [0.1, 0.15) is 6.61 Å². The average Bonchev–Trinajstić information content (AvgIpc) is 2.48. The summed E-state index contributed by atoms with van der Waals surface area (Å²) in [5, 5.41) is 17.5. The normalized spacial score (nSPS) is 16.4. The second-order valence-corrected chi connectivity index (χ2v) is 4.78. The van der Waals surface area contributed by atoms with Crippen LogP contribution in [0.1, 0.15) is 26.2 Å². The molecule has 0 radical (unpaired) electrons. The van der Waals surface area contributed by atoms with Crippen LogP contribution in [0.3, 0.4) is 0 Å². The van der Waals surface area contributed by atoms with Gasteiger partial charge in [0.05, 0.1) is 7.11 Å². The maximum Gasteiger partial charge on any atom is 0.411 e. The maximum absolute atomic E-state index is 10.5. The second kappa shape index (κ2) is 20.8. The third-order valence-electron chi connectivity index (χ3n) is 2.59. The fourth-order valence-electron chi connectivity index (χ4n) is 1.39. The number of alkyl halides is 3. The van der Waals surface area contributed by atoms with E-state index in [1.807, 2.05) is 0 Å². The molecule has 1 aliphatic heterocycles. The molecule has 1 fully saturated rings. The summed E-state index contributed by atoms with van der Waals surface area (Å²) < 4.78 is 35.7. The van der Waals surface area contributed by atoms with Crippen molar-refractivity contribution in [2.45, 2.75) is 32.4 Å². The van der Waals surface area contributed by atoms with Crippen molar-refractivity contribution in [1.82, 2.24) is 16.0 Å². The Morgan fingerprint density at radius 2 is 1.17 bits per heavy atom. The van der Waals surface area contributed by atoms with E-state index >= 15 is 0 Å². The van der Waals surface area contributed by atoms with Gasteiger partial charge in [0.15, 0.2) is 0 Å². The SMILES string of the molecule is C1CNCCCNCCCNC1.COC(C)=O.OCC(F)(F)F.[Zn]. The molecule has 0 aromatic heterocycles. The van der Waals surface area contributed by atoms with Crippen LogP contribution in [-0.4, -0.2) is 70.2 Å². The van der Waals surface area contributed by atoms with E-state index in [4.69, 9.17) is 5.11 Å². The molecule has 0 bridgehead atoms. The van der Waals surface area contributed by atoms with Crippen LogP contribution < -0.4 is 16.0 Å². The Kier molecular flexibility index (Phi) is 24.7. The summed E-state index contributed by atoms with van der Waals surface area (Å²) in [6.07, 6.45) is -0.631. The molecular weight excluding hydrogens is 381 g/mol. The second-order valence-electron chi connectivity index (χ2n) is 4.78. The predicted molar refractivity (Wildman–Crippen MR) is 83.3 cm³/mol. The molecule has 1 saturated heterocycles. The van der Waals surface area contributed by atoms with Crippen LogP contribution in [-0.2, 0) is 29.0 Å². The quantitative estimate of drug-likeness (QED) is 0.347. The van der Waals surface area contributed by atoms with E-state index in [1.165, 1.54) is 33.3 Å². The molecule has 1 heterocycles. The third-order valence-corrected chi connectivity index (χ3v) is 2.59. The number of halogens is 3. The molecule has 0 aromatic rings. The molecule has 6 nitrogen and oxygen atoms in total. The topological polar surface area (TPSA) is 82.6 Å². The van der Waals surface area contributed by atoms with Gasteiger partial charge in [0.2, 0.25) is 0 Å². The predicted octanol–water partition coefficient (Wildman–Crippen LogP) is 0.657. The number of esters is 1. The van der Waals surface area contributed by atoms with Gasteiger partial charge in [-0.25, -0.2) is 0 Å². The minimum Gasteiger partial charge on any atom is -0.469 e. The summed E-state index contributed by atoms with van der Waals surface area (Å²) in [5.41, 5.74) is 0. The van der Waals surface area contributed by atoms with E-state index < -0.39 is 12.8 Å². The number of hydrogen-bond acceptors (Lipinski definition) is 6. The Balaban J connectivity index is -0.000000313. The van der Waals surface area contributed by atoms with Crippen molar-refractivity contribution in [3.05, 3.63) is 0 Å². The molecular formula is C14H30F3N3O3Zn. The first kappa shape index (κ1) is 28.5. The zero-order valence-corrected chi connectivity index (χ0v) is 17.6. The maximum atomic E-state index is 10.5. The van der Waals surface area contributed by atoms with Gasteiger partial charge in [-0.05, 0) is 58.5 Å². The van der Waals surface area contributed by atoms with Gasteiger partial charge in [0, 0.05) is 26.4 Å². The van der Waals surface area contributed by atoms with E-state index in [2.05, 4.69) is 20.7 Å². The number of carbonyl (C=O) groups excluding carboxylic acids is 1. The molecule has 0 atom stereocenters. The van der Waals surface area contributed by atoms with Crippen molar-refractivity contribution in [3.8, 4) is 0 Å². The van der Waals surface area contributed by atoms with Gasteiger partial charge in [-0.1, -0.05) is 0 Å². The first-order chi connectivity index (χ1) is 10.8. The Morgan fingerprint density at radius 1 is 0.958 bits per heavy atom. The Bertz CT molecular complexity index is 230. The molecule has 0 aliphatic carbocycles. The average molecular weight is 411 g/mol. The van der Waals surface area contributed by atoms with E-state index in [1.54, 1.807) is 0 Å². The molecule has 24 heavy (non-hydrogen) atoms. The van der Waals surface area contributed by atoms with Gasteiger partial charge in [-0.15, -0.1) is 0 Å². The van der Waals surface area contributed by atoms with Crippen LogP contribution in [0.4, 0.5) is 13.2 Å². The molecule has 1 rings (SSSR count). The van der Waals surface area contributed by atoms with Gasteiger partial charge in [-0.2, -0.15) is 13.2 Å². The van der Waals surface area contributed by atoms with Crippen molar-refractivity contribution >= 4 is 5.97 Å². The minimum absolute atomic E-state index is 0. The van der Waals surface area contributed by atoms with Gasteiger partial charge in [0.25, 0.3) is 0 Å². The van der Waals surface area contributed by atoms with Crippen LogP contribution in [0.2, 0.25) is 0 Å². The zero-order valence-electron chi connectivity index (χ0n) is 14.7. The van der Waals surface area contributed by atoms with Crippen LogP contribution in [0.25, 0.3) is 0 Å². The molecule has 10 heteroatoms. The number of ether oxygens (including phenoxy) is 1. The van der Waals surface area contributed by atoms with Crippen molar-refractivity contribution in [1.29, 1.82) is 0 Å². The fourth-order valence-corrected chi connectivity index (χ4v) is 1.39. The van der Waals surface area contributed by atoms with E-state index in [0.29, 0.717) is 0 Å². The smallest absolute Gasteiger partial charge is 0.411 e. The molecule has 0 aromatic carbocycles. The fraction of sp³-hybridized carbons (Fsp3) is 0.929. The number of aliphatic hydroxyl groups excluding tert-OH is 1. The minimum atomic E-state index is -4.40. The van der Waals surface area contributed by atoms with Crippen LogP contribution >= 0.6 is 0 Å².